The van der Waals surface area contributed by atoms with E-state index in [-0.39, 0.29) is 36.4 Å². The number of carbonyl (C=O) groups is 2. The summed E-state index contributed by atoms with van der Waals surface area (Å²) in [6.45, 7) is 20.3. The van der Waals surface area contributed by atoms with Gasteiger partial charge in [-0.05, 0) is 105 Å². The Hall–Kier alpha value is -3.61. The standard InChI is InChI=1S/C34H51F3N4O6.C2H6/c1-10-22(3)28(38-25(11-2)23-16-17-27(45-20-13-12-19-42)24(21-23)34(35,36)37)26-15-14-18-41(26)29(39-30(43)46-32(4,5)6)40-31(44)47-33(7,8)9;1-2/h11,16-17,21-22,26,42H,10,12-15,18-20H2,1-9H3,(H,39,40,43,44);1-2H3/b25-11-,38-28?;. The van der Waals surface area contributed by atoms with Gasteiger partial charge in [0.1, 0.15) is 17.0 Å². The molecule has 2 atom stereocenters. The van der Waals surface area contributed by atoms with E-state index in [1.165, 1.54) is 12.1 Å². The first kappa shape index (κ1) is 43.4. The number of hydrogen-bond donors (Lipinski definition) is 2. The van der Waals surface area contributed by atoms with Gasteiger partial charge in [0.15, 0.2) is 0 Å². The Morgan fingerprint density at radius 2 is 1.69 bits per heavy atom. The molecule has 2 amide bonds. The Morgan fingerprint density at radius 1 is 1.06 bits per heavy atom. The van der Waals surface area contributed by atoms with Crippen molar-refractivity contribution in [2.24, 2.45) is 15.9 Å². The molecular formula is C36H57F3N4O6. The normalized spacial score (nSPS) is 16.8. The average molecular weight is 699 g/mol. The molecule has 1 aromatic rings. The van der Waals surface area contributed by atoms with E-state index in [4.69, 9.17) is 24.3 Å². The SMILES string of the molecule is C/C=C(\N=C(C(C)CC)C1CCCN1/C(=N\C(=O)OC(C)(C)C)NC(=O)OC(C)(C)C)c1ccc(OCCCCO)c(C(F)(F)F)c1.CC. The summed E-state index contributed by atoms with van der Waals surface area (Å²) in [5.74, 6) is -0.467. The molecule has 2 unspecified atom stereocenters. The van der Waals surface area contributed by atoms with Crippen LogP contribution in [0, 0.1) is 5.92 Å². The molecule has 1 aliphatic rings. The van der Waals surface area contributed by atoms with Crippen LogP contribution in [0.25, 0.3) is 5.70 Å². The second-order valence-electron chi connectivity index (χ2n) is 13.4. The molecule has 2 N–H and O–H groups in total. The van der Waals surface area contributed by atoms with Crippen molar-refractivity contribution < 1.29 is 42.1 Å². The molecule has 2 rings (SSSR count). The minimum Gasteiger partial charge on any atom is -0.493 e. The number of alkyl carbamates (subject to hydrolysis) is 1. The molecule has 0 spiro atoms. The van der Waals surface area contributed by atoms with Crippen molar-refractivity contribution in [3.05, 3.63) is 35.4 Å². The predicted molar refractivity (Wildman–Crippen MR) is 188 cm³/mol. The lowest BCUT2D eigenvalue weighted by molar-refractivity contribution is -0.139. The first-order chi connectivity index (χ1) is 22.8. The summed E-state index contributed by atoms with van der Waals surface area (Å²) >= 11 is 0. The van der Waals surface area contributed by atoms with Crippen LogP contribution in [0.4, 0.5) is 22.8 Å². The maximum Gasteiger partial charge on any atom is 0.437 e. The van der Waals surface area contributed by atoms with Crippen molar-refractivity contribution in [1.29, 1.82) is 0 Å². The van der Waals surface area contributed by atoms with Gasteiger partial charge in [0, 0.05) is 24.4 Å². The monoisotopic (exact) mass is 698 g/mol. The summed E-state index contributed by atoms with van der Waals surface area (Å²) < 4.78 is 58.7. The minimum atomic E-state index is -4.67. The first-order valence-electron chi connectivity index (χ1n) is 17.1. The summed E-state index contributed by atoms with van der Waals surface area (Å²) in [6, 6.07) is 3.42. The molecule has 278 valence electrons. The zero-order chi connectivity index (χ0) is 37.6. The van der Waals surface area contributed by atoms with Crippen LogP contribution < -0.4 is 10.1 Å². The Balaban J connectivity index is 0.00000589. The number of halogens is 3. The highest BCUT2D eigenvalue weighted by Gasteiger charge is 2.37. The minimum absolute atomic E-state index is 0.0395. The van der Waals surface area contributed by atoms with Gasteiger partial charge in [-0.25, -0.2) is 9.59 Å². The van der Waals surface area contributed by atoms with E-state index in [1.54, 1.807) is 59.4 Å². The van der Waals surface area contributed by atoms with E-state index in [0.29, 0.717) is 50.1 Å². The Kier molecular flexibility index (Phi) is 17.3. The van der Waals surface area contributed by atoms with Crippen LogP contribution in [0.1, 0.15) is 119 Å². The lowest BCUT2D eigenvalue weighted by Gasteiger charge is -2.32. The fourth-order valence-corrected chi connectivity index (χ4v) is 4.85. The number of unbranched alkanes of at least 4 members (excludes halogenated alkanes) is 1. The van der Waals surface area contributed by atoms with E-state index in [9.17, 15) is 22.8 Å². The molecule has 49 heavy (non-hydrogen) atoms. The summed E-state index contributed by atoms with van der Waals surface area (Å²) in [5, 5.41) is 11.6. The predicted octanol–water partition coefficient (Wildman–Crippen LogP) is 9.01. The Labute approximate surface area is 290 Å². The van der Waals surface area contributed by atoms with Crippen LogP contribution in [0.5, 0.6) is 5.75 Å². The number of aliphatic hydroxyl groups excluding tert-OH is 1. The molecule has 0 aromatic heterocycles. The van der Waals surface area contributed by atoms with Crippen molar-refractivity contribution in [3.63, 3.8) is 0 Å². The van der Waals surface area contributed by atoms with Crippen molar-refractivity contribution in [2.45, 2.75) is 132 Å². The quantitative estimate of drug-likeness (QED) is 0.142. The lowest BCUT2D eigenvalue weighted by atomic mass is 9.94. The number of allylic oxidation sites excluding steroid dienone is 1. The fourth-order valence-electron chi connectivity index (χ4n) is 4.85. The van der Waals surface area contributed by atoms with Crippen molar-refractivity contribution in [3.8, 4) is 5.75 Å². The molecule has 0 radical (unpaired) electrons. The van der Waals surface area contributed by atoms with Gasteiger partial charge in [0.2, 0.25) is 5.96 Å². The number of rotatable bonds is 10. The molecule has 0 aliphatic carbocycles. The van der Waals surface area contributed by atoms with Crippen molar-refractivity contribution >= 4 is 29.6 Å². The van der Waals surface area contributed by atoms with Gasteiger partial charge in [-0.3, -0.25) is 10.3 Å². The smallest absolute Gasteiger partial charge is 0.437 e. The van der Waals surface area contributed by atoms with E-state index in [1.807, 2.05) is 27.7 Å². The van der Waals surface area contributed by atoms with E-state index in [0.717, 1.165) is 6.07 Å². The number of guanidine groups is 1. The molecule has 10 nitrogen and oxygen atoms in total. The second kappa shape index (κ2) is 19.5. The fraction of sp³-hybridized carbons (Fsp3) is 0.667. The number of likely N-dealkylation sites (tertiary alicyclic amines) is 1. The molecule has 1 aliphatic heterocycles. The average Bonchev–Trinajstić information content (AvgIpc) is 3.47. The summed E-state index contributed by atoms with van der Waals surface area (Å²) in [5.41, 5.74) is -1.32. The third-order valence-corrected chi connectivity index (χ3v) is 7.10. The summed E-state index contributed by atoms with van der Waals surface area (Å²) in [6.07, 6.45) is -1.95. The van der Waals surface area contributed by atoms with Crippen LogP contribution >= 0.6 is 0 Å². The zero-order valence-corrected chi connectivity index (χ0v) is 31.1. The molecule has 1 saturated heterocycles. The van der Waals surface area contributed by atoms with E-state index >= 15 is 0 Å². The van der Waals surface area contributed by atoms with Gasteiger partial charge in [-0.2, -0.15) is 13.2 Å². The third-order valence-electron chi connectivity index (χ3n) is 7.10. The molecular weight excluding hydrogens is 641 g/mol. The maximum atomic E-state index is 14.1. The molecule has 1 heterocycles. The summed E-state index contributed by atoms with van der Waals surface area (Å²) in [4.78, 5) is 36.5. The van der Waals surface area contributed by atoms with E-state index in [2.05, 4.69) is 10.3 Å². The number of nitrogens with one attached hydrogen (secondary N) is 1. The van der Waals surface area contributed by atoms with Gasteiger partial charge >= 0.3 is 18.4 Å². The highest BCUT2D eigenvalue weighted by Crippen LogP contribution is 2.38. The highest BCUT2D eigenvalue weighted by molar-refractivity contribution is 6.03. The maximum absolute atomic E-state index is 14.1. The number of benzene rings is 1. The number of ether oxygens (including phenoxy) is 3. The Bertz CT molecular complexity index is 1310. The zero-order valence-electron chi connectivity index (χ0n) is 31.1. The van der Waals surface area contributed by atoms with Gasteiger partial charge in [-0.1, -0.05) is 33.8 Å². The van der Waals surface area contributed by atoms with Crippen molar-refractivity contribution in [1.82, 2.24) is 10.2 Å². The Morgan fingerprint density at radius 3 is 2.22 bits per heavy atom. The number of aliphatic hydroxyl groups is 1. The number of amides is 2. The van der Waals surface area contributed by atoms with Crippen LogP contribution in [0.15, 0.2) is 34.3 Å². The van der Waals surface area contributed by atoms with Crippen molar-refractivity contribution in [2.75, 3.05) is 19.8 Å². The molecule has 1 fully saturated rings. The third kappa shape index (κ3) is 14.8. The van der Waals surface area contributed by atoms with Gasteiger partial charge < -0.3 is 24.2 Å². The number of carbonyl (C=O) groups excluding carboxylic acids is 2. The summed E-state index contributed by atoms with van der Waals surface area (Å²) in [7, 11) is 0. The number of hydrogen-bond acceptors (Lipinski definition) is 7. The first-order valence-corrected chi connectivity index (χ1v) is 17.1. The topological polar surface area (TPSA) is 122 Å². The second-order valence-corrected chi connectivity index (χ2v) is 13.4. The van der Waals surface area contributed by atoms with Crippen LogP contribution in [-0.2, 0) is 15.7 Å². The lowest BCUT2D eigenvalue weighted by Crippen LogP contribution is -2.51. The van der Waals surface area contributed by atoms with Gasteiger partial charge in [-0.15, -0.1) is 4.99 Å². The molecule has 13 heteroatoms. The van der Waals surface area contributed by atoms with Gasteiger partial charge in [0.25, 0.3) is 0 Å². The van der Waals surface area contributed by atoms with Crippen LogP contribution in [-0.4, -0.2) is 70.9 Å². The number of nitrogens with zero attached hydrogens (tertiary/aromatic N) is 3. The molecule has 0 saturated carbocycles. The van der Waals surface area contributed by atoms with E-state index < -0.39 is 41.2 Å². The molecule has 0 bridgehead atoms. The number of alkyl halides is 3. The largest absolute Gasteiger partial charge is 0.493 e. The van der Waals surface area contributed by atoms with Crippen LogP contribution in [0.3, 0.4) is 0 Å². The molecule has 1 aromatic carbocycles. The highest BCUT2D eigenvalue weighted by atomic mass is 19.4. The van der Waals surface area contributed by atoms with Gasteiger partial charge in [0.05, 0.1) is 23.9 Å². The van der Waals surface area contributed by atoms with Crippen LogP contribution in [0.2, 0.25) is 0 Å². The number of aliphatic imine (C=N–C) groups is 2.